The molecule has 0 aromatic heterocycles. The van der Waals surface area contributed by atoms with E-state index in [4.69, 9.17) is 0 Å². The number of halogens is 3. The minimum atomic E-state index is -4.43. The van der Waals surface area contributed by atoms with E-state index in [0.29, 0.717) is 5.69 Å². The monoisotopic (exact) mass is 342 g/mol. The van der Waals surface area contributed by atoms with Crippen LogP contribution in [0.5, 0.6) is 0 Å². The summed E-state index contributed by atoms with van der Waals surface area (Å²) in [5.74, 6) is -0.294. The van der Waals surface area contributed by atoms with Crippen LogP contribution in [-0.4, -0.2) is 19.0 Å². The molecule has 0 aliphatic carbocycles. The number of carbonyl (C=O) groups is 1. The van der Waals surface area contributed by atoms with Crippen LogP contribution in [-0.2, 0) is 11.0 Å². The predicted octanol–water partition coefficient (Wildman–Crippen LogP) is 5.07. The lowest BCUT2D eigenvalue weighted by Gasteiger charge is -2.27. The molecule has 6 heteroatoms. The highest BCUT2D eigenvalue weighted by atomic mass is 19.4. The second kappa shape index (κ2) is 7.03. The van der Waals surface area contributed by atoms with E-state index < -0.39 is 17.2 Å². The number of alkyl halides is 3. The maximum absolute atomic E-state index is 13.1. The molecule has 1 fully saturated rings. The summed E-state index contributed by atoms with van der Waals surface area (Å²) < 4.78 is 39.2. The Bertz CT molecular complexity index is 583. The molecule has 1 N–H and O–H groups in total. The molecule has 134 valence electrons. The van der Waals surface area contributed by atoms with Crippen LogP contribution in [0.4, 0.5) is 24.5 Å². The van der Waals surface area contributed by atoms with Crippen molar-refractivity contribution in [2.24, 2.45) is 5.41 Å². The fraction of sp³-hybridized carbons (Fsp3) is 0.611. The lowest BCUT2D eigenvalue weighted by Crippen LogP contribution is -2.30. The molecule has 2 rings (SSSR count). The fourth-order valence-corrected chi connectivity index (χ4v) is 2.71. The maximum atomic E-state index is 13.1. The summed E-state index contributed by atoms with van der Waals surface area (Å²) in [4.78, 5) is 14.4. The number of nitrogens with one attached hydrogen (secondary N) is 1. The summed E-state index contributed by atoms with van der Waals surface area (Å²) in [6.45, 7) is 6.80. The van der Waals surface area contributed by atoms with Crippen molar-refractivity contribution in [3.8, 4) is 0 Å². The number of carbonyl (C=O) groups excluding carboxylic acids is 1. The Morgan fingerprint density at radius 3 is 2.12 bits per heavy atom. The van der Waals surface area contributed by atoms with Gasteiger partial charge in [0.1, 0.15) is 0 Å². The smallest absolute Gasteiger partial charge is 0.370 e. The summed E-state index contributed by atoms with van der Waals surface area (Å²) in [5.41, 5.74) is -0.510. The molecule has 1 aliphatic rings. The number of hydrogen-bond donors (Lipinski definition) is 1. The molecule has 0 spiro atoms. The van der Waals surface area contributed by atoms with E-state index in [9.17, 15) is 18.0 Å². The van der Waals surface area contributed by atoms with Crippen LogP contribution in [0.25, 0.3) is 0 Å². The Kier molecular flexibility index (Phi) is 5.45. The van der Waals surface area contributed by atoms with Gasteiger partial charge in [0.15, 0.2) is 0 Å². The topological polar surface area (TPSA) is 32.3 Å². The Hall–Kier alpha value is -1.72. The maximum Gasteiger partial charge on any atom is 0.416 e. The molecular weight excluding hydrogens is 317 g/mol. The quantitative estimate of drug-likeness (QED) is 0.814. The zero-order chi connectivity index (χ0) is 18.0. The first-order valence-corrected chi connectivity index (χ1v) is 8.37. The highest BCUT2D eigenvalue weighted by molar-refractivity contribution is 5.97. The first-order chi connectivity index (χ1) is 11.1. The Labute approximate surface area is 141 Å². The van der Waals surface area contributed by atoms with Crippen molar-refractivity contribution in [1.29, 1.82) is 0 Å². The van der Waals surface area contributed by atoms with Gasteiger partial charge in [0.25, 0.3) is 0 Å². The number of anilines is 2. The normalized spacial score (nSPS) is 16.7. The van der Waals surface area contributed by atoms with E-state index in [2.05, 4.69) is 10.2 Å². The molecule has 1 aliphatic heterocycles. The molecule has 1 saturated heterocycles. The van der Waals surface area contributed by atoms with Crippen molar-refractivity contribution in [3.05, 3.63) is 23.8 Å². The average Bonchev–Trinajstić information content (AvgIpc) is 2.74. The van der Waals surface area contributed by atoms with Gasteiger partial charge in [-0.15, -0.1) is 0 Å². The van der Waals surface area contributed by atoms with Crippen molar-refractivity contribution in [3.63, 3.8) is 0 Å². The molecule has 0 saturated carbocycles. The van der Waals surface area contributed by atoms with Gasteiger partial charge in [-0.3, -0.25) is 4.79 Å². The molecule has 0 radical (unpaired) electrons. The van der Waals surface area contributed by atoms with Crippen molar-refractivity contribution < 1.29 is 18.0 Å². The number of amides is 1. The minimum Gasteiger partial charge on any atom is -0.370 e. The lowest BCUT2D eigenvalue weighted by molar-refractivity contribution is -0.137. The van der Waals surface area contributed by atoms with Gasteiger partial charge >= 0.3 is 6.18 Å². The first kappa shape index (κ1) is 18.6. The van der Waals surface area contributed by atoms with E-state index in [1.54, 1.807) is 20.8 Å². The minimum absolute atomic E-state index is 0.242. The molecule has 1 aromatic carbocycles. The van der Waals surface area contributed by atoms with Crippen LogP contribution in [0.15, 0.2) is 18.2 Å². The Morgan fingerprint density at radius 2 is 1.62 bits per heavy atom. The van der Waals surface area contributed by atoms with E-state index in [1.807, 2.05) is 0 Å². The molecule has 0 unspecified atom stereocenters. The summed E-state index contributed by atoms with van der Waals surface area (Å²) in [6, 6.07) is 3.61. The number of rotatable bonds is 2. The SMILES string of the molecule is CC(C)(C)C(=O)Nc1cc(C(F)(F)F)ccc1N1CCCCCC1. The third-order valence-corrected chi connectivity index (χ3v) is 4.20. The van der Waals surface area contributed by atoms with Crippen LogP contribution in [0.1, 0.15) is 52.0 Å². The van der Waals surface area contributed by atoms with Crippen LogP contribution in [0.3, 0.4) is 0 Å². The standard InChI is InChI=1S/C18H25F3N2O/c1-17(2,3)16(24)22-14-12-13(18(19,20)21)8-9-15(14)23-10-6-4-5-7-11-23/h8-9,12H,4-7,10-11H2,1-3H3,(H,22,24). The summed E-state index contributed by atoms with van der Waals surface area (Å²) in [6.07, 6.45) is -0.165. The van der Waals surface area contributed by atoms with Crippen molar-refractivity contribution in [1.82, 2.24) is 0 Å². The van der Waals surface area contributed by atoms with Gasteiger partial charge in [0.05, 0.1) is 16.9 Å². The van der Waals surface area contributed by atoms with Gasteiger partial charge in [-0.1, -0.05) is 33.6 Å². The molecular formula is C18H25F3N2O. The zero-order valence-electron chi connectivity index (χ0n) is 14.5. The van der Waals surface area contributed by atoms with E-state index in [0.717, 1.165) is 50.9 Å². The summed E-state index contributed by atoms with van der Waals surface area (Å²) in [5, 5.41) is 2.70. The predicted molar refractivity (Wildman–Crippen MR) is 90.2 cm³/mol. The Morgan fingerprint density at radius 1 is 1.04 bits per heavy atom. The highest BCUT2D eigenvalue weighted by Crippen LogP contribution is 2.36. The number of nitrogens with zero attached hydrogens (tertiary/aromatic N) is 1. The second-order valence-electron chi connectivity index (χ2n) is 7.34. The van der Waals surface area contributed by atoms with Crippen LogP contribution in [0, 0.1) is 5.41 Å². The van der Waals surface area contributed by atoms with Crippen LogP contribution in [0.2, 0.25) is 0 Å². The molecule has 0 atom stereocenters. The van der Waals surface area contributed by atoms with Gasteiger partial charge in [0, 0.05) is 18.5 Å². The van der Waals surface area contributed by atoms with Crippen LogP contribution >= 0.6 is 0 Å². The Balaban J connectivity index is 2.39. The highest BCUT2D eigenvalue weighted by Gasteiger charge is 2.32. The molecule has 1 aromatic rings. The first-order valence-electron chi connectivity index (χ1n) is 8.37. The van der Waals surface area contributed by atoms with Gasteiger partial charge < -0.3 is 10.2 Å². The second-order valence-corrected chi connectivity index (χ2v) is 7.34. The molecule has 1 heterocycles. The van der Waals surface area contributed by atoms with Gasteiger partial charge in [0.2, 0.25) is 5.91 Å². The largest absolute Gasteiger partial charge is 0.416 e. The van der Waals surface area contributed by atoms with E-state index in [-0.39, 0.29) is 11.6 Å². The third kappa shape index (κ3) is 4.65. The average molecular weight is 342 g/mol. The van der Waals surface area contributed by atoms with Crippen LogP contribution < -0.4 is 10.2 Å². The van der Waals surface area contributed by atoms with E-state index in [1.165, 1.54) is 6.07 Å². The van der Waals surface area contributed by atoms with Gasteiger partial charge in [-0.2, -0.15) is 13.2 Å². The van der Waals surface area contributed by atoms with Crippen molar-refractivity contribution >= 4 is 17.3 Å². The lowest BCUT2D eigenvalue weighted by atomic mass is 9.95. The number of benzene rings is 1. The van der Waals surface area contributed by atoms with Crippen molar-refractivity contribution in [2.45, 2.75) is 52.6 Å². The zero-order valence-corrected chi connectivity index (χ0v) is 14.5. The summed E-state index contributed by atoms with van der Waals surface area (Å²) in [7, 11) is 0. The fourth-order valence-electron chi connectivity index (χ4n) is 2.71. The molecule has 1 amide bonds. The summed E-state index contributed by atoms with van der Waals surface area (Å²) >= 11 is 0. The van der Waals surface area contributed by atoms with Crippen molar-refractivity contribution in [2.75, 3.05) is 23.3 Å². The molecule has 3 nitrogen and oxygen atoms in total. The van der Waals surface area contributed by atoms with Gasteiger partial charge in [-0.05, 0) is 31.0 Å². The molecule has 24 heavy (non-hydrogen) atoms. The number of hydrogen-bond acceptors (Lipinski definition) is 2. The molecule has 0 bridgehead atoms. The van der Waals surface area contributed by atoms with E-state index >= 15 is 0 Å². The van der Waals surface area contributed by atoms with Gasteiger partial charge in [-0.25, -0.2) is 0 Å². The third-order valence-electron chi connectivity index (χ3n) is 4.20.